The highest BCUT2D eigenvalue weighted by molar-refractivity contribution is 5.82. The number of carbonyl (C=O) groups is 2. The van der Waals surface area contributed by atoms with E-state index in [1.165, 1.54) is 6.42 Å². The molecule has 2 atom stereocenters. The second-order valence-electron chi connectivity index (χ2n) is 4.50. The van der Waals surface area contributed by atoms with Crippen molar-refractivity contribution in [3.8, 4) is 0 Å². The van der Waals surface area contributed by atoms with Crippen LogP contribution in [0.4, 0.5) is 4.79 Å². The van der Waals surface area contributed by atoms with Crippen LogP contribution in [0.25, 0.3) is 0 Å². The number of carbonyl (C=O) groups excluding carboxylic acids is 1. The number of carboxylic acids is 1. The van der Waals surface area contributed by atoms with Crippen LogP contribution in [0.1, 0.15) is 32.6 Å². The predicted octanol–water partition coefficient (Wildman–Crippen LogP) is 0.310. The monoisotopic (exact) mass is 244 g/mol. The molecule has 1 saturated carbocycles. The lowest BCUT2D eigenvalue weighted by Crippen LogP contribution is -2.50. The van der Waals surface area contributed by atoms with Crippen LogP contribution in [0.3, 0.4) is 0 Å². The van der Waals surface area contributed by atoms with Gasteiger partial charge in [0, 0.05) is 19.1 Å². The van der Waals surface area contributed by atoms with Gasteiger partial charge in [-0.05, 0) is 25.7 Å². The molecule has 0 aromatic carbocycles. The van der Waals surface area contributed by atoms with Crippen LogP contribution in [-0.2, 0) is 4.79 Å². The fraction of sp³-hybridized carbons (Fsp3) is 0.818. The lowest BCUT2D eigenvalue weighted by Gasteiger charge is -2.32. The molecule has 1 aliphatic carbocycles. The Labute approximate surface area is 100 Å². The summed E-state index contributed by atoms with van der Waals surface area (Å²) in [6, 6.07) is -1.45. The van der Waals surface area contributed by atoms with E-state index in [1.807, 2.05) is 6.92 Å². The second kappa shape index (κ2) is 6.44. The number of urea groups is 1. The van der Waals surface area contributed by atoms with Crippen LogP contribution in [0, 0.1) is 5.92 Å². The summed E-state index contributed by atoms with van der Waals surface area (Å²) < 4.78 is 0. The standard InChI is InChI=1S/C11H20N2O4/c1-7(8-3-2-4-8)12-11(17)13-9(5-6-14)10(15)16/h7-9,14H,2-6H2,1H3,(H,15,16)(H2,12,13,17)/t7?,9-/m1/s1. The van der Waals surface area contributed by atoms with Gasteiger partial charge in [0.15, 0.2) is 0 Å². The predicted molar refractivity (Wildman–Crippen MR) is 61.6 cm³/mol. The average Bonchev–Trinajstić information content (AvgIpc) is 2.13. The Hall–Kier alpha value is -1.30. The molecule has 2 amide bonds. The van der Waals surface area contributed by atoms with E-state index >= 15 is 0 Å². The summed E-state index contributed by atoms with van der Waals surface area (Å²) in [4.78, 5) is 22.3. The molecule has 0 aliphatic heterocycles. The molecule has 0 spiro atoms. The van der Waals surface area contributed by atoms with Crippen LogP contribution in [0.15, 0.2) is 0 Å². The van der Waals surface area contributed by atoms with Gasteiger partial charge in [-0.2, -0.15) is 0 Å². The first-order valence-corrected chi connectivity index (χ1v) is 5.95. The van der Waals surface area contributed by atoms with E-state index < -0.39 is 18.0 Å². The average molecular weight is 244 g/mol. The molecule has 0 aromatic rings. The van der Waals surface area contributed by atoms with Gasteiger partial charge in [0.25, 0.3) is 0 Å². The maximum Gasteiger partial charge on any atom is 0.326 e. The largest absolute Gasteiger partial charge is 0.480 e. The zero-order chi connectivity index (χ0) is 12.8. The van der Waals surface area contributed by atoms with Gasteiger partial charge in [-0.25, -0.2) is 9.59 Å². The van der Waals surface area contributed by atoms with Crippen molar-refractivity contribution in [2.24, 2.45) is 5.92 Å². The van der Waals surface area contributed by atoms with E-state index in [1.54, 1.807) is 0 Å². The van der Waals surface area contributed by atoms with Crippen molar-refractivity contribution in [3.63, 3.8) is 0 Å². The smallest absolute Gasteiger partial charge is 0.326 e. The molecule has 1 aliphatic rings. The zero-order valence-electron chi connectivity index (χ0n) is 9.98. The molecule has 1 rings (SSSR count). The molecule has 0 radical (unpaired) electrons. The Kier molecular flexibility index (Phi) is 5.21. The zero-order valence-corrected chi connectivity index (χ0v) is 9.98. The van der Waals surface area contributed by atoms with E-state index in [4.69, 9.17) is 10.2 Å². The minimum Gasteiger partial charge on any atom is -0.480 e. The van der Waals surface area contributed by atoms with Gasteiger partial charge in [-0.15, -0.1) is 0 Å². The number of nitrogens with one attached hydrogen (secondary N) is 2. The van der Waals surface area contributed by atoms with Crippen LogP contribution in [0.2, 0.25) is 0 Å². The summed E-state index contributed by atoms with van der Waals surface area (Å²) in [5.74, 6) is -0.632. The van der Waals surface area contributed by atoms with Crippen molar-refractivity contribution in [2.45, 2.75) is 44.7 Å². The molecule has 0 aromatic heterocycles. The third kappa shape index (κ3) is 4.22. The van der Waals surface area contributed by atoms with Crippen LogP contribution in [-0.4, -0.2) is 40.9 Å². The molecule has 98 valence electrons. The number of aliphatic carboxylic acids is 1. The third-order valence-corrected chi connectivity index (χ3v) is 3.24. The Balaban J connectivity index is 2.33. The Morgan fingerprint density at radius 2 is 2.00 bits per heavy atom. The molecule has 0 heterocycles. The lowest BCUT2D eigenvalue weighted by molar-refractivity contribution is -0.139. The Morgan fingerprint density at radius 1 is 1.35 bits per heavy atom. The highest BCUT2D eigenvalue weighted by atomic mass is 16.4. The van der Waals surface area contributed by atoms with Crippen molar-refractivity contribution >= 4 is 12.0 Å². The highest BCUT2D eigenvalue weighted by Crippen LogP contribution is 2.29. The second-order valence-corrected chi connectivity index (χ2v) is 4.50. The molecule has 1 fully saturated rings. The minimum absolute atomic E-state index is 0.0144. The molecule has 6 heteroatoms. The van der Waals surface area contributed by atoms with Gasteiger partial charge in [0.05, 0.1) is 0 Å². The van der Waals surface area contributed by atoms with Gasteiger partial charge in [-0.1, -0.05) is 6.42 Å². The number of hydrogen-bond donors (Lipinski definition) is 4. The highest BCUT2D eigenvalue weighted by Gasteiger charge is 2.26. The lowest BCUT2D eigenvalue weighted by atomic mass is 9.80. The molecular weight excluding hydrogens is 224 g/mol. The Bertz CT molecular complexity index is 279. The van der Waals surface area contributed by atoms with Crippen molar-refractivity contribution < 1.29 is 19.8 Å². The van der Waals surface area contributed by atoms with E-state index in [0.717, 1.165) is 12.8 Å². The van der Waals surface area contributed by atoms with Crippen molar-refractivity contribution in [1.82, 2.24) is 10.6 Å². The van der Waals surface area contributed by atoms with E-state index in [-0.39, 0.29) is 19.1 Å². The van der Waals surface area contributed by atoms with E-state index in [2.05, 4.69) is 10.6 Å². The Morgan fingerprint density at radius 3 is 2.41 bits per heavy atom. The summed E-state index contributed by atoms with van der Waals surface area (Å²) in [7, 11) is 0. The fourth-order valence-corrected chi connectivity index (χ4v) is 1.85. The van der Waals surface area contributed by atoms with E-state index in [9.17, 15) is 9.59 Å². The number of amides is 2. The SMILES string of the molecule is CC(NC(=O)N[C@H](CCO)C(=O)O)C1CCC1. The van der Waals surface area contributed by atoms with Crippen molar-refractivity contribution in [2.75, 3.05) is 6.61 Å². The number of aliphatic hydroxyl groups excluding tert-OH is 1. The molecule has 6 nitrogen and oxygen atoms in total. The number of hydrogen-bond acceptors (Lipinski definition) is 3. The van der Waals surface area contributed by atoms with Crippen molar-refractivity contribution in [3.05, 3.63) is 0 Å². The molecule has 4 N–H and O–H groups in total. The van der Waals surface area contributed by atoms with Gasteiger partial charge in [-0.3, -0.25) is 0 Å². The number of carboxylic acid groups (broad SMARTS) is 1. The summed E-state index contributed by atoms with van der Waals surface area (Å²) in [5, 5.41) is 22.6. The first kappa shape index (κ1) is 13.8. The summed E-state index contributed by atoms with van der Waals surface area (Å²) in [6.45, 7) is 1.65. The van der Waals surface area contributed by atoms with Crippen LogP contribution < -0.4 is 10.6 Å². The summed E-state index contributed by atoms with van der Waals surface area (Å²) in [6.07, 6.45) is 3.43. The summed E-state index contributed by atoms with van der Waals surface area (Å²) in [5.41, 5.74) is 0. The van der Waals surface area contributed by atoms with Gasteiger partial charge in [0.2, 0.25) is 0 Å². The molecular formula is C11H20N2O4. The third-order valence-electron chi connectivity index (χ3n) is 3.24. The van der Waals surface area contributed by atoms with Crippen LogP contribution in [0.5, 0.6) is 0 Å². The fourth-order valence-electron chi connectivity index (χ4n) is 1.85. The number of rotatable bonds is 6. The van der Waals surface area contributed by atoms with Gasteiger partial charge >= 0.3 is 12.0 Å². The first-order valence-electron chi connectivity index (χ1n) is 5.95. The van der Waals surface area contributed by atoms with Crippen LogP contribution >= 0.6 is 0 Å². The normalized spacial score (nSPS) is 18.9. The minimum atomic E-state index is -1.13. The van der Waals surface area contributed by atoms with Crippen molar-refractivity contribution in [1.29, 1.82) is 0 Å². The number of aliphatic hydroxyl groups is 1. The van der Waals surface area contributed by atoms with E-state index in [0.29, 0.717) is 5.92 Å². The molecule has 17 heavy (non-hydrogen) atoms. The molecule has 0 bridgehead atoms. The molecule has 0 saturated heterocycles. The quantitative estimate of drug-likeness (QED) is 0.540. The summed E-state index contributed by atoms with van der Waals surface area (Å²) >= 11 is 0. The molecule has 1 unspecified atom stereocenters. The maximum atomic E-state index is 11.5. The van der Waals surface area contributed by atoms with Gasteiger partial charge < -0.3 is 20.8 Å². The maximum absolute atomic E-state index is 11.5. The first-order chi connectivity index (χ1) is 8.04. The van der Waals surface area contributed by atoms with Gasteiger partial charge in [0.1, 0.15) is 6.04 Å². The topological polar surface area (TPSA) is 98.7 Å².